The van der Waals surface area contributed by atoms with Crippen LogP contribution in [0.25, 0.3) is 0 Å². The third kappa shape index (κ3) is 4.51. The smallest absolute Gasteiger partial charge is 0.0683 e. The summed E-state index contributed by atoms with van der Waals surface area (Å²) in [7, 11) is 0. The van der Waals surface area contributed by atoms with E-state index in [9.17, 15) is 0 Å². The van der Waals surface area contributed by atoms with Gasteiger partial charge in [0.2, 0.25) is 0 Å². The van der Waals surface area contributed by atoms with E-state index < -0.39 is 0 Å². The van der Waals surface area contributed by atoms with E-state index in [4.69, 9.17) is 5.26 Å². The molecule has 0 aromatic rings. The van der Waals surface area contributed by atoms with Crippen LogP contribution in [0, 0.1) is 16.7 Å². The second-order valence-electron chi connectivity index (χ2n) is 5.87. The van der Waals surface area contributed by atoms with Gasteiger partial charge in [0.25, 0.3) is 0 Å². The third-order valence-electron chi connectivity index (χ3n) is 3.45. The van der Waals surface area contributed by atoms with E-state index >= 15 is 0 Å². The van der Waals surface area contributed by atoms with Crippen LogP contribution in [0.4, 0.5) is 0 Å². The van der Waals surface area contributed by atoms with Crippen molar-refractivity contribution in [2.45, 2.75) is 52.0 Å². The Morgan fingerprint density at radius 1 is 1.44 bits per heavy atom. The number of unbranched alkanes of at least 4 members (excludes halogenated alkanes) is 1. The Bertz CT molecular complexity index is 246. The quantitative estimate of drug-likeness (QED) is 0.678. The third-order valence-corrected chi connectivity index (χ3v) is 3.45. The van der Waals surface area contributed by atoms with Crippen molar-refractivity contribution in [3.8, 4) is 6.07 Å². The van der Waals surface area contributed by atoms with Crippen molar-refractivity contribution < 1.29 is 0 Å². The van der Waals surface area contributed by atoms with Crippen LogP contribution in [0.3, 0.4) is 0 Å². The minimum absolute atomic E-state index is 0.154. The van der Waals surface area contributed by atoms with Gasteiger partial charge in [-0.1, -0.05) is 6.42 Å². The summed E-state index contributed by atoms with van der Waals surface area (Å²) >= 11 is 0. The Labute approximate surface area is 99.6 Å². The molecule has 92 valence electrons. The van der Waals surface area contributed by atoms with Gasteiger partial charge < -0.3 is 10.6 Å². The molecule has 0 aromatic heterocycles. The second-order valence-corrected chi connectivity index (χ2v) is 5.87. The molecule has 1 saturated heterocycles. The lowest BCUT2D eigenvalue weighted by molar-refractivity contribution is 0.367. The zero-order chi connectivity index (χ0) is 12.1. The van der Waals surface area contributed by atoms with Gasteiger partial charge in [0, 0.05) is 12.1 Å². The van der Waals surface area contributed by atoms with E-state index in [0.717, 1.165) is 32.5 Å². The van der Waals surface area contributed by atoms with Crippen molar-refractivity contribution in [3.63, 3.8) is 0 Å². The maximum atomic E-state index is 8.89. The van der Waals surface area contributed by atoms with Crippen LogP contribution in [0.15, 0.2) is 0 Å². The maximum absolute atomic E-state index is 8.89. The highest BCUT2D eigenvalue weighted by atomic mass is 15.1. The summed E-state index contributed by atoms with van der Waals surface area (Å²) in [5.74, 6) is 0. The molecule has 16 heavy (non-hydrogen) atoms. The Hall–Kier alpha value is -0.590. The molecule has 0 spiro atoms. The first-order valence-corrected chi connectivity index (χ1v) is 6.34. The predicted octanol–water partition coefficient (Wildman–Crippen LogP) is 2.05. The number of nitrogens with zero attached hydrogens (tertiary/aromatic N) is 1. The molecule has 3 heteroatoms. The summed E-state index contributed by atoms with van der Waals surface area (Å²) < 4.78 is 0. The van der Waals surface area contributed by atoms with Crippen LogP contribution in [0.2, 0.25) is 0 Å². The molecule has 1 fully saturated rings. The van der Waals surface area contributed by atoms with Gasteiger partial charge in [-0.2, -0.15) is 5.26 Å². The molecule has 1 atom stereocenters. The lowest BCUT2D eigenvalue weighted by atomic mass is 9.89. The number of rotatable bonds is 6. The fraction of sp³-hybridized carbons (Fsp3) is 0.923. The highest BCUT2D eigenvalue weighted by Crippen LogP contribution is 2.21. The van der Waals surface area contributed by atoms with E-state index in [1.54, 1.807) is 0 Å². The van der Waals surface area contributed by atoms with Crippen molar-refractivity contribution in [3.05, 3.63) is 0 Å². The largest absolute Gasteiger partial charge is 0.315 e. The van der Waals surface area contributed by atoms with E-state index in [-0.39, 0.29) is 5.41 Å². The van der Waals surface area contributed by atoms with Crippen LogP contribution in [0.1, 0.15) is 46.5 Å². The van der Waals surface area contributed by atoms with Gasteiger partial charge in [0.15, 0.2) is 0 Å². The molecule has 0 saturated carbocycles. The maximum Gasteiger partial charge on any atom is 0.0683 e. The number of nitrogens with one attached hydrogen (secondary N) is 2. The molecule has 2 N–H and O–H groups in total. The van der Waals surface area contributed by atoms with Gasteiger partial charge in [-0.3, -0.25) is 0 Å². The van der Waals surface area contributed by atoms with Crippen LogP contribution in [0.5, 0.6) is 0 Å². The fourth-order valence-corrected chi connectivity index (χ4v) is 2.11. The molecular formula is C13H25N3. The standard InChI is InChI=1S/C13H25N3/c1-12(2,10-14)6-4-5-8-16-13(3)7-9-15-11-13/h15-16H,4-9,11H2,1-3H3. The zero-order valence-corrected chi connectivity index (χ0v) is 10.9. The van der Waals surface area contributed by atoms with Gasteiger partial charge in [0.1, 0.15) is 0 Å². The first kappa shape index (κ1) is 13.5. The molecule has 0 aliphatic carbocycles. The van der Waals surface area contributed by atoms with Crippen molar-refractivity contribution in [2.75, 3.05) is 19.6 Å². The average Bonchev–Trinajstić information content (AvgIpc) is 2.65. The Morgan fingerprint density at radius 2 is 2.19 bits per heavy atom. The van der Waals surface area contributed by atoms with Crippen molar-refractivity contribution in [1.82, 2.24) is 10.6 Å². The highest BCUT2D eigenvalue weighted by molar-refractivity contribution is 4.92. The lowest BCUT2D eigenvalue weighted by Gasteiger charge is -2.24. The Kier molecular flexibility index (Phi) is 4.76. The van der Waals surface area contributed by atoms with Gasteiger partial charge >= 0.3 is 0 Å². The minimum atomic E-state index is -0.154. The summed E-state index contributed by atoms with van der Waals surface area (Å²) in [4.78, 5) is 0. The van der Waals surface area contributed by atoms with Gasteiger partial charge in [-0.05, 0) is 53.1 Å². The predicted molar refractivity (Wildman–Crippen MR) is 67.1 cm³/mol. The van der Waals surface area contributed by atoms with Crippen molar-refractivity contribution in [1.29, 1.82) is 5.26 Å². The van der Waals surface area contributed by atoms with Crippen LogP contribution >= 0.6 is 0 Å². The summed E-state index contributed by atoms with van der Waals surface area (Å²) in [6, 6.07) is 2.35. The monoisotopic (exact) mass is 223 g/mol. The first-order valence-electron chi connectivity index (χ1n) is 6.34. The number of hydrogen-bond acceptors (Lipinski definition) is 3. The molecule has 0 radical (unpaired) electrons. The van der Waals surface area contributed by atoms with Crippen molar-refractivity contribution >= 4 is 0 Å². The molecule has 1 unspecified atom stereocenters. The zero-order valence-electron chi connectivity index (χ0n) is 10.9. The van der Waals surface area contributed by atoms with E-state index in [2.05, 4.69) is 23.6 Å². The molecular weight excluding hydrogens is 198 g/mol. The summed E-state index contributed by atoms with van der Waals surface area (Å²) in [6.45, 7) is 9.60. The van der Waals surface area contributed by atoms with E-state index in [1.165, 1.54) is 12.8 Å². The highest BCUT2D eigenvalue weighted by Gasteiger charge is 2.27. The Balaban J connectivity index is 2.06. The van der Waals surface area contributed by atoms with Gasteiger partial charge in [0.05, 0.1) is 11.5 Å². The topological polar surface area (TPSA) is 47.9 Å². The lowest BCUT2D eigenvalue weighted by Crippen LogP contribution is -2.44. The molecule has 1 aliphatic rings. The summed E-state index contributed by atoms with van der Waals surface area (Å²) in [6.07, 6.45) is 4.52. The molecule has 3 nitrogen and oxygen atoms in total. The minimum Gasteiger partial charge on any atom is -0.315 e. The fourth-order valence-electron chi connectivity index (χ4n) is 2.11. The molecule has 1 rings (SSSR count). The molecule has 1 heterocycles. The van der Waals surface area contributed by atoms with E-state index in [1.807, 2.05) is 13.8 Å². The second kappa shape index (κ2) is 5.65. The van der Waals surface area contributed by atoms with E-state index in [0.29, 0.717) is 5.54 Å². The summed E-state index contributed by atoms with van der Waals surface area (Å²) in [5.41, 5.74) is 0.142. The first-order chi connectivity index (χ1) is 7.47. The molecule has 0 amide bonds. The SMILES string of the molecule is CC(C)(C#N)CCCCNC1(C)CCNC1. The van der Waals surface area contributed by atoms with Gasteiger partial charge in [-0.25, -0.2) is 0 Å². The molecule has 0 bridgehead atoms. The van der Waals surface area contributed by atoms with Gasteiger partial charge in [-0.15, -0.1) is 0 Å². The van der Waals surface area contributed by atoms with Crippen LogP contribution in [-0.2, 0) is 0 Å². The Morgan fingerprint density at radius 3 is 2.75 bits per heavy atom. The van der Waals surface area contributed by atoms with Crippen molar-refractivity contribution in [2.24, 2.45) is 5.41 Å². The summed E-state index contributed by atoms with van der Waals surface area (Å²) in [5, 5.41) is 15.9. The number of nitriles is 1. The molecule has 0 aromatic carbocycles. The molecule has 1 aliphatic heterocycles. The average molecular weight is 223 g/mol. The van der Waals surface area contributed by atoms with Crippen LogP contribution < -0.4 is 10.6 Å². The van der Waals surface area contributed by atoms with Crippen LogP contribution in [-0.4, -0.2) is 25.2 Å². The number of hydrogen-bond donors (Lipinski definition) is 2. The normalized spacial score (nSPS) is 25.6.